The molecule has 1 aromatic heterocycles. The minimum Gasteiger partial charge on any atom is -0.347 e. The topological polar surface area (TPSA) is 46.9 Å². The van der Waals surface area contributed by atoms with Crippen LogP contribution in [0, 0.1) is 0 Å². The average molecular weight is 319 g/mol. The number of fused-ring (bicyclic) bond motifs is 2. The summed E-state index contributed by atoms with van der Waals surface area (Å²) >= 11 is 0. The van der Waals surface area contributed by atoms with Gasteiger partial charge >= 0.3 is 0 Å². The lowest BCUT2D eigenvalue weighted by atomic mass is 9.95. The minimum atomic E-state index is -0.0679. The van der Waals surface area contributed by atoms with Gasteiger partial charge in [-0.2, -0.15) is 5.10 Å². The van der Waals surface area contributed by atoms with Gasteiger partial charge in [-0.05, 0) is 42.0 Å². The molecule has 24 heavy (non-hydrogen) atoms. The summed E-state index contributed by atoms with van der Waals surface area (Å²) in [4.78, 5) is 12.7. The van der Waals surface area contributed by atoms with Crippen molar-refractivity contribution in [1.29, 1.82) is 0 Å². The van der Waals surface area contributed by atoms with Crippen molar-refractivity contribution < 1.29 is 4.79 Å². The summed E-state index contributed by atoms with van der Waals surface area (Å²) in [6.45, 7) is 0.519. The van der Waals surface area contributed by atoms with Crippen LogP contribution >= 0.6 is 0 Å². The van der Waals surface area contributed by atoms with E-state index in [1.807, 2.05) is 29.9 Å². The maximum absolute atomic E-state index is 12.7. The Balaban J connectivity index is 1.57. The van der Waals surface area contributed by atoms with E-state index in [1.165, 1.54) is 22.9 Å². The molecule has 122 valence electrons. The number of hydrogen-bond donors (Lipinski definition) is 1. The van der Waals surface area contributed by atoms with Gasteiger partial charge in [0.05, 0.1) is 0 Å². The number of carbonyl (C=O) groups excluding carboxylic acids is 1. The van der Waals surface area contributed by atoms with E-state index in [9.17, 15) is 4.79 Å². The van der Waals surface area contributed by atoms with Gasteiger partial charge in [0, 0.05) is 24.8 Å². The summed E-state index contributed by atoms with van der Waals surface area (Å²) < 4.78 is 1.88. The molecule has 0 spiro atoms. The Bertz CT molecular complexity index is 905. The van der Waals surface area contributed by atoms with E-state index in [1.54, 1.807) is 0 Å². The highest BCUT2D eigenvalue weighted by molar-refractivity contribution is 5.94. The predicted octanol–water partition coefficient (Wildman–Crippen LogP) is 3.38. The third-order valence-electron chi connectivity index (χ3n) is 4.90. The smallest absolute Gasteiger partial charge is 0.272 e. The van der Waals surface area contributed by atoms with Gasteiger partial charge in [-0.15, -0.1) is 0 Å². The Labute approximate surface area is 141 Å². The first-order chi connectivity index (χ1) is 11.7. The van der Waals surface area contributed by atoms with Gasteiger partial charge in [-0.25, -0.2) is 0 Å². The van der Waals surface area contributed by atoms with Crippen molar-refractivity contribution in [2.24, 2.45) is 7.05 Å². The van der Waals surface area contributed by atoms with Crippen molar-refractivity contribution >= 4 is 16.7 Å². The van der Waals surface area contributed by atoms with Crippen molar-refractivity contribution in [3.05, 3.63) is 65.0 Å². The summed E-state index contributed by atoms with van der Waals surface area (Å²) in [6, 6.07) is 14.4. The van der Waals surface area contributed by atoms with Crippen molar-refractivity contribution in [1.82, 2.24) is 15.1 Å². The zero-order valence-corrected chi connectivity index (χ0v) is 13.9. The fourth-order valence-electron chi connectivity index (χ4n) is 3.66. The molecule has 0 atom stereocenters. The largest absolute Gasteiger partial charge is 0.347 e. The molecule has 0 fully saturated rings. The van der Waals surface area contributed by atoms with Crippen LogP contribution in [0.4, 0.5) is 0 Å². The minimum absolute atomic E-state index is 0.0679. The number of carbonyl (C=O) groups is 1. The number of rotatable bonds is 3. The summed E-state index contributed by atoms with van der Waals surface area (Å²) in [5.74, 6) is -0.0679. The van der Waals surface area contributed by atoms with E-state index < -0.39 is 0 Å². The number of hydrogen-bond acceptors (Lipinski definition) is 2. The molecule has 0 unspecified atom stereocenters. The standard InChI is InChI=1S/C20H21N3O/c1-23-18-12-5-4-11-17(18)19(22-23)20(24)21-13-15-9-6-8-14-7-2-3-10-16(14)15/h2-3,6-10H,4-5,11-13H2,1H3,(H,21,24). The summed E-state index contributed by atoms with van der Waals surface area (Å²) in [5, 5.41) is 9.91. The molecule has 0 radical (unpaired) electrons. The Kier molecular flexibility index (Phi) is 3.81. The molecule has 4 rings (SSSR count). The first-order valence-corrected chi connectivity index (χ1v) is 8.53. The maximum atomic E-state index is 12.7. The maximum Gasteiger partial charge on any atom is 0.272 e. The van der Waals surface area contributed by atoms with Gasteiger partial charge in [0.15, 0.2) is 5.69 Å². The van der Waals surface area contributed by atoms with Crippen LogP contribution in [0.15, 0.2) is 42.5 Å². The SMILES string of the molecule is Cn1nc(C(=O)NCc2cccc3ccccc23)c2c1CCCC2. The molecule has 4 nitrogen and oxygen atoms in total. The zero-order chi connectivity index (χ0) is 16.5. The lowest BCUT2D eigenvalue weighted by Crippen LogP contribution is -2.24. The molecule has 1 heterocycles. The van der Waals surface area contributed by atoms with Gasteiger partial charge in [0.25, 0.3) is 5.91 Å². The van der Waals surface area contributed by atoms with Crippen LogP contribution in [0.25, 0.3) is 10.8 Å². The number of benzene rings is 2. The van der Waals surface area contributed by atoms with E-state index in [4.69, 9.17) is 0 Å². The molecule has 0 bridgehead atoms. The first-order valence-electron chi connectivity index (χ1n) is 8.53. The van der Waals surface area contributed by atoms with Crippen LogP contribution in [0.5, 0.6) is 0 Å². The van der Waals surface area contributed by atoms with Crippen molar-refractivity contribution in [3.8, 4) is 0 Å². The molecule has 2 aromatic carbocycles. The normalized spacial score (nSPS) is 13.7. The number of amides is 1. The number of aryl methyl sites for hydroxylation is 1. The lowest BCUT2D eigenvalue weighted by molar-refractivity contribution is 0.0944. The Morgan fingerprint density at radius 2 is 1.92 bits per heavy atom. The first kappa shape index (κ1) is 14.9. The Morgan fingerprint density at radius 1 is 1.12 bits per heavy atom. The monoisotopic (exact) mass is 319 g/mol. The zero-order valence-electron chi connectivity index (χ0n) is 13.9. The average Bonchev–Trinajstić information content (AvgIpc) is 2.97. The van der Waals surface area contributed by atoms with Crippen molar-refractivity contribution in [2.75, 3.05) is 0 Å². The molecule has 1 aliphatic rings. The second-order valence-electron chi connectivity index (χ2n) is 6.43. The van der Waals surface area contributed by atoms with Crippen LogP contribution < -0.4 is 5.32 Å². The number of aromatic nitrogens is 2. The van der Waals surface area contributed by atoms with Crippen LogP contribution in [0.1, 0.15) is 40.2 Å². The van der Waals surface area contributed by atoms with Gasteiger partial charge in [-0.1, -0.05) is 42.5 Å². The highest BCUT2D eigenvalue weighted by atomic mass is 16.1. The molecule has 0 saturated heterocycles. The molecule has 1 N–H and O–H groups in total. The molecular formula is C20H21N3O. The molecule has 1 amide bonds. The fourth-order valence-corrected chi connectivity index (χ4v) is 3.66. The van der Waals surface area contributed by atoms with Gasteiger partial charge < -0.3 is 5.32 Å². The van der Waals surface area contributed by atoms with Gasteiger partial charge in [-0.3, -0.25) is 9.48 Å². The number of nitrogens with zero attached hydrogens (tertiary/aromatic N) is 2. The van der Waals surface area contributed by atoms with E-state index in [2.05, 4.69) is 34.7 Å². The summed E-state index contributed by atoms with van der Waals surface area (Å²) in [5.41, 5.74) is 4.09. The van der Waals surface area contributed by atoms with Gasteiger partial charge in [0.1, 0.15) is 0 Å². The fraction of sp³-hybridized carbons (Fsp3) is 0.300. The molecule has 4 heteroatoms. The highest BCUT2D eigenvalue weighted by Gasteiger charge is 2.23. The van der Waals surface area contributed by atoms with Crippen LogP contribution in [-0.2, 0) is 26.4 Å². The van der Waals surface area contributed by atoms with E-state index in [0.717, 1.165) is 30.4 Å². The van der Waals surface area contributed by atoms with Crippen molar-refractivity contribution in [2.45, 2.75) is 32.2 Å². The summed E-state index contributed by atoms with van der Waals surface area (Å²) in [7, 11) is 1.94. The van der Waals surface area contributed by atoms with Crippen LogP contribution in [-0.4, -0.2) is 15.7 Å². The molecule has 0 aliphatic heterocycles. The Morgan fingerprint density at radius 3 is 2.83 bits per heavy atom. The molecular weight excluding hydrogens is 298 g/mol. The quantitative estimate of drug-likeness (QED) is 0.804. The third kappa shape index (κ3) is 2.58. The van der Waals surface area contributed by atoms with Gasteiger partial charge in [0.2, 0.25) is 0 Å². The number of nitrogens with one attached hydrogen (secondary N) is 1. The van der Waals surface area contributed by atoms with E-state index >= 15 is 0 Å². The van der Waals surface area contributed by atoms with Crippen LogP contribution in [0.3, 0.4) is 0 Å². The van der Waals surface area contributed by atoms with E-state index in [-0.39, 0.29) is 5.91 Å². The summed E-state index contributed by atoms with van der Waals surface area (Å²) in [6.07, 6.45) is 4.31. The molecule has 3 aromatic rings. The molecule has 1 aliphatic carbocycles. The predicted molar refractivity (Wildman–Crippen MR) is 95.0 cm³/mol. The third-order valence-corrected chi connectivity index (χ3v) is 4.90. The second kappa shape index (κ2) is 6.11. The van der Waals surface area contributed by atoms with Crippen molar-refractivity contribution in [3.63, 3.8) is 0 Å². The highest BCUT2D eigenvalue weighted by Crippen LogP contribution is 2.24. The van der Waals surface area contributed by atoms with Crippen LogP contribution in [0.2, 0.25) is 0 Å². The van der Waals surface area contributed by atoms with E-state index in [0.29, 0.717) is 12.2 Å². The lowest BCUT2D eigenvalue weighted by Gasteiger charge is -2.12. The Hall–Kier alpha value is -2.62. The second-order valence-corrected chi connectivity index (χ2v) is 6.43. The molecule has 0 saturated carbocycles.